The molecular formula is C17H20FN5O2. The van der Waals surface area contributed by atoms with Crippen molar-refractivity contribution in [3.8, 4) is 0 Å². The molecule has 0 amide bonds. The summed E-state index contributed by atoms with van der Waals surface area (Å²) in [5.74, 6) is 0.867. The van der Waals surface area contributed by atoms with Gasteiger partial charge >= 0.3 is 0 Å². The van der Waals surface area contributed by atoms with Gasteiger partial charge in [-0.05, 0) is 44.3 Å². The minimum atomic E-state index is -1.19. The number of rotatable bonds is 1. The standard InChI is InChI=1S/C17H20FN5O2/c18-11-9-17(3-5-19-6-4-17)12-13(11)20-16-21-14(22-23(16)15(12)24)10-1-7-25-8-2-10/h1,11,19H,2-9H2,(H,20,21,22). The largest absolute Gasteiger partial charge is 0.377 e. The summed E-state index contributed by atoms with van der Waals surface area (Å²) < 4.78 is 21.4. The Bertz CT molecular complexity index is 925. The van der Waals surface area contributed by atoms with Crippen LogP contribution < -0.4 is 10.9 Å². The number of H-pyrrole nitrogens is 1. The number of hydrogen-bond donors (Lipinski definition) is 2. The predicted octanol–water partition coefficient (Wildman–Crippen LogP) is 1.26. The van der Waals surface area contributed by atoms with E-state index in [9.17, 15) is 9.18 Å². The van der Waals surface area contributed by atoms with Crippen LogP contribution in [-0.2, 0) is 10.2 Å². The summed E-state index contributed by atoms with van der Waals surface area (Å²) in [6, 6.07) is 0. The molecule has 0 saturated carbocycles. The Morgan fingerprint density at radius 3 is 2.92 bits per heavy atom. The van der Waals surface area contributed by atoms with Crippen molar-refractivity contribution < 1.29 is 9.13 Å². The molecule has 1 atom stereocenters. The van der Waals surface area contributed by atoms with Crippen molar-refractivity contribution in [2.75, 3.05) is 26.3 Å². The van der Waals surface area contributed by atoms with Crippen LogP contribution in [0.4, 0.5) is 4.39 Å². The van der Waals surface area contributed by atoms with Gasteiger partial charge in [0.15, 0.2) is 5.82 Å². The molecule has 1 saturated heterocycles. The molecule has 0 radical (unpaired) electrons. The quantitative estimate of drug-likeness (QED) is 0.813. The first-order valence-electron chi connectivity index (χ1n) is 8.83. The number of ether oxygens (including phenoxy) is 1. The zero-order valence-electron chi connectivity index (χ0n) is 13.8. The topological polar surface area (TPSA) is 84.3 Å². The van der Waals surface area contributed by atoms with Gasteiger partial charge in [0.2, 0.25) is 0 Å². The van der Waals surface area contributed by atoms with Gasteiger partial charge in [-0.15, -0.1) is 0 Å². The van der Waals surface area contributed by atoms with Gasteiger partial charge < -0.3 is 10.1 Å². The monoisotopic (exact) mass is 345 g/mol. The van der Waals surface area contributed by atoms with Gasteiger partial charge in [0.05, 0.1) is 24.5 Å². The van der Waals surface area contributed by atoms with Crippen molar-refractivity contribution >= 4 is 11.4 Å². The maximum Gasteiger partial charge on any atom is 0.278 e. The van der Waals surface area contributed by atoms with Gasteiger partial charge in [-0.3, -0.25) is 9.89 Å². The SMILES string of the molecule is O=c1c2c(nc3nc(C4=CCOCC4)[nH]n13)C(F)CC21CCNCC1. The number of hydrogen-bond acceptors (Lipinski definition) is 5. The van der Waals surface area contributed by atoms with E-state index in [1.54, 1.807) is 0 Å². The van der Waals surface area contributed by atoms with Crippen molar-refractivity contribution in [1.82, 2.24) is 24.9 Å². The molecule has 132 valence electrons. The minimum absolute atomic E-state index is 0.201. The zero-order chi connectivity index (χ0) is 17.0. The van der Waals surface area contributed by atoms with E-state index in [4.69, 9.17) is 4.74 Å². The predicted molar refractivity (Wildman–Crippen MR) is 89.3 cm³/mol. The lowest BCUT2D eigenvalue weighted by molar-refractivity contribution is 0.161. The fraction of sp³-hybridized carbons (Fsp3) is 0.588. The molecule has 25 heavy (non-hydrogen) atoms. The first-order chi connectivity index (χ1) is 12.2. The minimum Gasteiger partial charge on any atom is -0.377 e. The third-order valence-electron chi connectivity index (χ3n) is 5.75. The summed E-state index contributed by atoms with van der Waals surface area (Å²) in [6.07, 6.45) is 3.39. The van der Waals surface area contributed by atoms with Crippen LogP contribution in [0.15, 0.2) is 10.9 Å². The molecule has 5 rings (SSSR count). The number of aromatic amines is 1. The Kier molecular flexibility index (Phi) is 3.33. The average molecular weight is 345 g/mol. The van der Waals surface area contributed by atoms with Crippen LogP contribution in [0.2, 0.25) is 0 Å². The van der Waals surface area contributed by atoms with E-state index >= 15 is 0 Å². The maximum absolute atomic E-state index is 14.7. The number of aromatic nitrogens is 4. The molecule has 8 heteroatoms. The van der Waals surface area contributed by atoms with Gasteiger partial charge in [0, 0.05) is 5.41 Å². The second-order valence-corrected chi connectivity index (χ2v) is 7.14. The lowest BCUT2D eigenvalue weighted by atomic mass is 9.75. The highest BCUT2D eigenvalue weighted by Gasteiger charge is 2.48. The van der Waals surface area contributed by atoms with Gasteiger partial charge in [-0.1, -0.05) is 6.08 Å². The second-order valence-electron chi connectivity index (χ2n) is 7.14. The zero-order valence-corrected chi connectivity index (χ0v) is 13.8. The number of piperidine rings is 1. The fourth-order valence-corrected chi connectivity index (χ4v) is 4.44. The van der Waals surface area contributed by atoms with Crippen LogP contribution >= 0.6 is 0 Å². The molecule has 2 aromatic rings. The van der Waals surface area contributed by atoms with E-state index in [0.29, 0.717) is 36.7 Å². The van der Waals surface area contributed by atoms with Crippen molar-refractivity contribution in [2.24, 2.45) is 0 Å². The lowest BCUT2D eigenvalue weighted by Crippen LogP contribution is -2.42. The van der Waals surface area contributed by atoms with E-state index in [1.807, 2.05) is 6.08 Å². The van der Waals surface area contributed by atoms with Crippen LogP contribution in [0.1, 0.15) is 48.9 Å². The molecule has 2 N–H and O–H groups in total. The Hall–Kier alpha value is -2.06. The Balaban J connectivity index is 1.69. The van der Waals surface area contributed by atoms with E-state index in [1.165, 1.54) is 4.52 Å². The maximum atomic E-state index is 14.7. The van der Waals surface area contributed by atoms with Gasteiger partial charge in [0.25, 0.3) is 11.3 Å². The molecule has 2 aliphatic heterocycles. The number of halogens is 1. The summed E-state index contributed by atoms with van der Waals surface area (Å²) >= 11 is 0. The van der Waals surface area contributed by atoms with Crippen molar-refractivity contribution in [1.29, 1.82) is 0 Å². The number of alkyl halides is 1. The van der Waals surface area contributed by atoms with Crippen LogP contribution in [0.5, 0.6) is 0 Å². The summed E-state index contributed by atoms with van der Waals surface area (Å²) in [4.78, 5) is 22.0. The Morgan fingerprint density at radius 1 is 1.32 bits per heavy atom. The van der Waals surface area contributed by atoms with Gasteiger partial charge in [-0.25, -0.2) is 9.37 Å². The van der Waals surface area contributed by atoms with Crippen molar-refractivity contribution in [3.05, 3.63) is 33.5 Å². The normalized spacial score (nSPS) is 25.3. The van der Waals surface area contributed by atoms with Crippen LogP contribution in [-0.4, -0.2) is 45.9 Å². The fourth-order valence-electron chi connectivity index (χ4n) is 4.44. The van der Waals surface area contributed by atoms with E-state index < -0.39 is 11.6 Å². The summed E-state index contributed by atoms with van der Waals surface area (Å²) in [7, 11) is 0. The van der Waals surface area contributed by atoms with Crippen LogP contribution in [0, 0.1) is 0 Å². The molecule has 4 heterocycles. The average Bonchev–Trinajstić information content (AvgIpc) is 3.17. The van der Waals surface area contributed by atoms with Crippen molar-refractivity contribution in [3.63, 3.8) is 0 Å². The summed E-state index contributed by atoms with van der Waals surface area (Å²) in [5.41, 5.74) is 1.26. The third-order valence-corrected chi connectivity index (χ3v) is 5.75. The highest BCUT2D eigenvalue weighted by molar-refractivity contribution is 5.61. The number of nitrogens with zero attached hydrogens (tertiary/aromatic N) is 3. The second kappa shape index (κ2) is 5.47. The molecular weight excluding hydrogens is 325 g/mol. The van der Waals surface area contributed by atoms with E-state index in [0.717, 1.165) is 37.9 Å². The molecule has 1 fully saturated rings. The molecule has 7 nitrogen and oxygen atoms in total. The molecule has 1 aliphatic carbocycles. The van der Waals surface area contributed by atoms with Gasteiger partial charge in [-0.2, -0.15) is 9.50 Å². The van der Waals surface area contributed by atoms with E-state index in [-0.39, 0.29) is 11.3 Å². The van der Waals surface area contributed by atoms with E-state index in [2.05, 4.69) is 20.4 Å². The summed E-state index contributed by atoms with van der Waals surface area (Å²) in [6.45, 7) is 2.77. The third kappa shape index (κ3) is 2.20. The molecule has 2 aromatic heterocycles. The molecule has 3 aliphatic rings. The molecule has 1 unspecified atom stereocenters. The Morgan fingerprint density at radius 2 is 2.16 bits per heavy atom. The lowest BCUT2D eigenvalue weighted by Gasteiger charge is -2.33. The molecule has 0 aromatic carbocycles. The smallest absolute Gasteiger partial charge is 0.278 e. The number of fused-ring (bicyclic) bond motifs is 3. The van der Waals surface area contributed by atoms with Crippen LogP contribution in [0.25, 0.3) is 11.4 Å². The first-order valence-corrected chi connectivity index (χ1v) is 8.83. The van der Waals surface area contributed by atoms with Gasteiger partial charge in [0.1, 0.15) is 6.17 Å². The number of nitrogens with one attached hydrogen (secondary N) is 2. The molecule has 0 bridgehead atoms. The van der Waals surface area contributed by atoms with Crippen molar-refractivity contribution in [2.45, 2.75) is 37.3 Å². The Labute approximate surface area is 143 Å². The highest BCUT2D eigenvalue weighted by Crippen LogP contribution is 2.49. The van der Waals surface area contributed by atoms with Crippen LogP contribution in [0.3, 0.4) is 0 Å². The molecule has 1 spiro atoms. The highest BCUT2D eigenvalue weighted by atomic mass is 19.1. The first kappa shape index (κ1) is 15.2. The summed E-state index contributed by atoms with van der Waals surface area (Å²) in [5, 5.41) is 6.36.